The minimum Gasteiger partial charge on any atom is -0.392 e. The molecule has 0 fully saturated rings. The molecule has 0 aliphatic carbocycles. The van der Waals surface area contributed by atoms with Gasteiger partial charge in [0.1, 0.15) is 0 Å². The van der Waals surface area contributed by atoms with Gasteiger partial charge < -0.3 is 15.7 Å². The summed E-state index contributed by atoms with van der Waals surface area (Å²) in [5.74, 6) is -0.0765. The molecule has 2 rings (SSSR count). The average molecular weight is 284 g/mol. The van der Waals surface area contributed by atoms with Gasteiger partial charge in [-0.1, -0.05) is 24.3 Å². The van der Waals surface area contributed by atoms with Gasteiger partial charge in [-0.2, -0.15) is 0 Å². The van der Waals surface area contributed by atoms with E-state index in [2.05, 4.69) is 17.6 Å². The molecule has 1 atom stereocenters. The summed E-state index contributed by atoms with van der Waals surface area (Å²) in [5, 5.41) is 15.2. The Morgan fingerprint density at radius 3 is 2.48 bits per heavy atom. The van der Waals surface area contributed by atoms with Crippen LogP contribution in [0.4, 0.5) is 11.4 Å². The molecule has 110 valence electrons. The van der Waals surface area contributed by atoms with E-state index < -0.39 is 0 Å². The number of aliphatic hydroxyl groups is 1. The number of aliphatic hydroxyl groups excluding tert-OH is 1. The van der Waals surface area contributed by atoms with Gasteiger partial charge in [0.05, 0.1) is 6.61 Å². The highest BCUT2D eigenvalue weighted by Crippen LogP contribution is 2.22. The zero-order chi connectivity index (χ0) is 15.2. The Morgan fingerprint density at radius 2 is 1.86 bits per heavy atom. The van der Waals surface area contributed by atoms with Crippen molar-refractivity contribution in [2.24, 2.45) is 0 Å². The van der Waals surface area contributed by atoms with Gasteiger partial charge >= 0.3 is 0 Å². The summed E-state index contributed by atoms with van der Waals surface area (Å²) >= 11 is 0. The molecule has 1 amide bonds. The van der Waals surface area contributed by atoms with Gasteiger partial charge in [-0.15, -0.1) is 0 Å². The van der Waals surface area contributed by atoms with Crippen molar-refractivity contribution in [1.29, 1.82) is 0 Å². The highest BCUT2D eigenvalue weighted by Gasteiger charge is 2.06. The number of carbonyl (C=O) groups excluding carboxylic acids is 1. The van der Waals surface area contributed by atoms with Crippen LogP contribution >= 0.6 is 0 Å². The summed E-state index contributed by atoms with van der Waals surface area (Å²) in [4.78, 5) is 11.1. The third-order valence-corrected chi connectivity index (χ3v) is 3.23. The molecule has 0 saturated carbocycles. The summed E-state index contributed by atoms with van der Waals surface area (Å²) < 4.78 is 0. The third kappa shape index (κ3) is 4.33. The quantitative estimate of drug-likeness (QED) is 0.789. The van der Waals surface area contributed by atoms with Crippen molar-refractivity contribution < 1.29 is 9.90 Å². The highest BCUT2D eigenvalue weighted by atomic mass is 16.3. The smallest absolute Gasteiger partial charge is 0.221 e. The predicted molar refractivity (Wildman–Crippen MR) is 85.1 cm³/mol. The maximum absolute atomic E-state index is 11.1. The Kier molecular flexibility index (Phi) is 4.95. The first kappa shape index (κ1) is 15.1. The monoisotopic (exact) mass is 284 g/mol. The Bertz CT molecular complexity index is 608. The summed E-state index contributed by atoms with van der Waals surface area (Å²) in [5.41, 5.74) is 3.77. The highest BCUT2D eigenvalue weighted by molar-refractivity contribution is 5.88. The van der Waals surface area contributed by atoms with Crippen LogP contribution in [-0.2, 0) is 11.4 Å². The van der Waals surface area contributed by atoms with E-state index in [9.17, 15) is 4.79 Å². The molecule has 3 N–H and O–H groups in total. The Hall–Kier alpha value is -2.33. The largest absolute Gasteiger partial charge is 0.392 e. The summed E-state index contributed by atoms with van der Waals surface area (Å²) in [6.45, 7) is 3.61. The molecule has 1 unspecified atom stereocenters. The standard InChI is InChI=1S/C17H20N2O2/c1-12(18-16-8-6-14(11-20)7-9-16)15-4-3-5-17(10-15)19-13(2)21/h3-10,12,18,20H,11H2,1-2H3,(H,19,21). The number of hydrogen-bond donors (Lipinski definition) is 3. The topological polar surface area (TPSA) is 61.4 Å². The average Bonchev–Trinajstić information content (AvgIpc) is 2.47. The van der Waals surface area contributed by atoms with Gasteiger partial charge in [0.15, 0.2) is 0 Å². The Labute approximate surface area is 124 Å². The molecule has 21 heavy (non-hydrogen) atoms. The Morgan fingerprint density at radius 1 is 1.14 bits per heavy atom. The first-order chi connectivity index (χ1) is 10.1. The first-order valence-electron chi connectivity index (χ1n) is 6.92. The van der Waals surface area contributed by atoms with Crippen LogP contribution in [0.15, 0.2) is 48.5 Å². The maximum Gasteiger partial charge on any atom is 0.221 e. The van der Waals surface area contributed by atoms with Crippen LogP contribution in [-0.4, -0.2) is 11.0 Å². The van der Waals surface area contributed by atoms with Crippen molar-refractivity contribution in [3.63, 3.8) is 0 Å². The van der Waals surface area contributed by atoms with E-state index in [-0.39, 0.29) is 18.6 Å². The van der Waals surface area contributed by atoms with E-state index in [1.54, 1.807) is 0 Å². The lowest BCUT2D eigenvalue weighted by Crippen LogP contribution is -2.09. The van der Waals surface area contributed by atoms with E-state index in [1.807, 2.05) is 48.5 Å². The lowest BCUT2D eigenvalue weighted by Gasteiger charge is -2.17. The number of hydrogen-bond acceptors (Lipinski definition) is 3. The van der Waals surface area contributed by atoms with Crippen molar-refractivity contribution in [3.05, 3.63) is 59.7 Å². The third-order valence-electron chi connectivity index (χ3n) is 3.23. The normalized spacial score (nSPS) is 11.8. The number of nitrogens with one attached hydrogen (secondary N) is 2. The minimum atomic E-state index is -0.0765. The Balaban J connectivity index is 2.08. The molecule has 4 heteroatoms. The van der Waals surface area contributed by atoms with Crippen molar-refractivity contribution in [2.45, 2.75) is 26.5 Å². The second kappa shape index (κ2) is 6.90. The molecule has 0 aromatic heterocycles. The lowest BCUT2D eigenvalue weighted by molar-refractivity contribution is -0.114. The number of rotatable bonds is 5. The molecular weight excluding hydrogens is 264 g/mol. The molecule has 0 heterocycles. The molecule has 0 spiro atoms. The fraction of sp³-hybridized carbons (Fsp3) is 0.235. The molecule has 0 saturated heterocycles. The van der Waals surface area contributed by atoms with Crippen LogP contribution in [0.5, 0.6) is 0 Å². The fourth-order valence-electron chi connectivity index (χ4n) is 2.13. The molecule has 0 aliphatic heterocycles. The maximum atomic E-state index is 11.1. The SMILES string of the molecule is CC(=O)Nc1cccc(C(C)Nc2ccc(CO)cc2)c1. The van der Waals surface area contributed by atoms with Crippen LogP contribution in [0.3, 0.4) is 0 Å². The van der Waals surface area contributed by atoms with Gasteiger partial charge in [-0.3, -0.25) is 4.79 Å². The van der Waals surface area contributed by atoms with Gasteiger partial charge in [0, 0.05) is 24.3 Å². The van der Waals surface area contributed by atoms with E-state index >= 15 is 0 Å². The van der Waals surface area contributed by atoms with Crippen LogP contribution < -0.4 is 10.6 Å². The van der Waals surface area contributed by atoms with Gasteiger partial charge in [0.2, 0.25) is 5.91 Å². The van der Waals surface area contributed by atoms with Crippen molar-refractivity contribution >= 4 is 17.3 Å². The van der Waals surface area contributed by atoms with Crippen LogP contribution in [0.1, 0.15) is 31.0 Å². The molecule has 0 radical (unpaired) electrons. The van der Waals surface area contributed by atoms with Crippen LogP contribution in [0.25, 0.3) is 0 Å². The van der Waals surface area contributed by atoms with Crippen molar-refractivity contribution in [2.75, 3.05) is 10.6 Å². The molecule has 4 nitrogen and oxygen atoms in total. The van der Waals surface area contributed by atoms with Gasteiger partial charge in [0.25, 0.3) is 0 Å². The van der Waals surface area contributed by atoms with E-state index in [4.69, 9.17) is 5.11 Å². The van der Waals surface area contributed by atoms with E-state index in [0.29, 0.717) is 0 Å². The molecule has 2 aromatic carbocycles. The summed E-state index contributed by atoms with van der Waals surface area (Å²) in [7, 11) is 0. The first-order valence-corrected chi connectivity index (χ1v) is 6.92. The fourth-order valence-corrected chi connectivity index (χ4v) is 2.13. The zero-order valence-corrected chi connectivity index (χ0v) is 12.3. The molecular formula is C17H20N2O2. The lowest BCUT2D eigenvalue weighted by atomic mass is 10.1. The molecule has 2 aromatic rings. The van der Waals surface area contributed by atoms with Crippen LogP contribution in [0, 0.1) is 0 Å². The van der Waals surface area contributed by atoms with E-state index in [0.717, 1.165) is 22.5 Å². The van der Waals surface area contributed by atoms with Gasteiger partial charge in [-0.05, 0) is 42.3 Å². The van der Waals surface area contributed by atoms with Crippen LogP contribution in [0.2, 0.25) is 0 Å². The number of amides is 1. The molecule has 0 bridgehead atoms. The number of anilines is 2. The molecule has 0 aliphatic rings. The summed E-state index contributed by atoms with van der Waals surface area (Å²) in [6, 6.07) is 15.6. The van der Waals surface area contributed by atoms with E-state index in [1.165, 1.54) is 6.92 Å². The van der Waals surface area contributed by atoms with Crippen molar-refractivity contribution in [1.82, 2.24) is 0 Å². The second-order valence-corrected chi connectivity index (χ2v) is 5.03. The number of benzene rings is 2. The minimum absolute atomic E-state index is 0.0502. The van der Waals surface area contributed by atoms with Crippen molar-refractivity contribution in [3.8, 4) is 0 Å². The zero-order valence-electron chi connectivity index (χ0n) is 12.3. The summed E-state index contributed by atoms with van der Waals surface area (Å²) in [6.07, 6.45) is 0. The van der Waals surface area contributed by atoms with Gasteiger partial charge in [-0.25, -0.2) is 0 Å². The second-order valence-electron chi connectivity index (χ2n) is 5.03. The predicted octanol–water partition coefficient (Wildman–Crippen LogP) is 3.31. The number of carbonyl (C=O) groups is 1.